The average Bonchev–Trinajstić information content (AvgIpc) is 2.49. The number of hydrogen-bond donors (Lipinski definition) is 0. The molecule has 10 heteroatoms. The summed E-state index contributed by atoms with van der Waals surface area (Å²) in [5, 5.41) is 0. The molecule has 1 aromatic carbocycles. The molecule has 0 aliphatic carbocycles. The Kier molecular flexibility index (Phi) is 2.77. The van der Waals surface area contributed by atoms with Crippen molar-refractivity contribution in [1.82, 2.24) is 0 Å². The number of benzene rings is 1. The molecule has 5 nitrogen and oxygen atoms in total. The Morgan fingerprint density at radius 2 is 1.27 bits per heavy atom. The fraction of sp³-hybridized carbons (Fsp3) is 0.500. The first kappa shape index (κ1) is 19.7. The minimum absolute atomic E-state index is 0.0237. The van der Waals surface area contributed by atoms with Crippen molar-refractivity contribution in [3.63, 3.8) is 0 Å². The minimum atomic E-state index is -12.9. The topological polar surface area (TPSA) is 46.2 Å². The van der Waals surface area contributed by atoms with Gasteiger partial charge in [-0.05, 0) is 0 Å². The molecule has 0 radical (unpaired) electrons. The Morgan fingerprint density at radius 3 is 1.64 bits per heavy atom. The fourth-order valence-corrected chi connectivity index (χ4v) is 9.04. The van der Waals surface area contributed by atoms with Crippen LogP contribution in [0.5, 0.6) is 0 Å². The van der Waals surface area contributed by atoms with E-state index >= 15 is 10.5 Å². The van der Waals surface area contributed by atoms with Gasteiger partial charge in [-0.2, -0.15) is 0 Å². The maximum atomic E-state index is 15.7. The van der Waals surface area contributed by atoms with E-state index in [-0.39, 0.29) is 26.9 Å². The predicted molar refractivity (Wildman–Crippen MR) is 68.6 cm³/mol. The van der Waals surface area contributed by atoms with Gasteiger partial charge in [0.05, 0.1) is 0 Å². The second-order valence-electron chi connectivity index (χ2n) is 6.09. The summed E-state index contributed by atoms with van der Waals surface area (Å²) in [6.07, 6.45) is 0. The molecule has 0 aliphatic rings. The third-order valence-corrected chi connectivity index (χ3v) is 20.4. The van der Waals surface area contributed by atoms with E-state index in [2.05, 4.69) is 16.0 Å². The number of ether oxygens (including phenoxy) is 1. The molecule has 0 unspecified atom stereocenters. The van der Waals surface area contributed by atoms with Crippen LogP contribution in [0, 0.1) is 0 Å². The normalized spacial score (nSPS) is 22.3. The first-order valence-electron chi connectivity index (χ1n) is 6.40. The first-order chi connectivity index (χ1) is 9.57. The van der Waals surface area contributed by atoms with Crippen LogP contribution in [0.1, 0.15) is 5.56 Å². The Labute approximate surface area is 119 Å². The van der Waals surface area contributed by atoms with Crippen LogP contribution < -0.4 is 0 Å². The van der Waals surface area contributed by atoms with Crippen LogP contribution in [-0.4, -0.2) is 32.8 Å². The van der Waals surface area contributed by atoms with Gasteiger partial charge in [0.25, 0.3) is 0 Å². The molecule has 22 heavy (non-hydrogen) atoms. The van der Waals surface area contributed by atoms with Crippen molar-refractivity contribution < 1.29 is 43.5 Å². The Hall–Kier alpha value is -0.377. The molecule has 1 aromatic rings. The van der Waals surface area contributed by atoms with E-state index in [1.165, 1.54) is 24.3 Å². The molecule has 0 amide bonds. The van der Waals surface area contributed by atoms with Gasteiger partial charge in [-0.3, -0.25) is 0 Å². The second-order valence-corrected chi connectivity index (χ2v) is 26.6. The molecule has 0 N–H and O–H groups in total. The van der Waals surface area contributed by atoms with Gasteiger partial charge in [-0.25, -0.2) is 0 Å². The Morgan fingerprint density at radius 1 is 0.818 bits per heavy atom. The number of hydrogen-bond acceptors (Lipinski definition) is 5. The van der Waals surface area contributed by atoms with Crippen molar-refractivity contribution in [2.75, 3.05) is 32.8 Å². The average molecular weight is 413 g/mol. The molecule has 1 rings (SSSR count). The van der Waals surface area contributed by atoms with Crippen LogP contribution in [0.25, 0.3) is 0 Å². The van der Waals surface area contributed by atoms with Crippen LogP contribution in [0.3, 0.4) is 0 Å². The van der Waals surface area contributed by atoms with Crippen molar-refractivity contribution in [1.29, 1.82) is 0 Å². The maximum absolute atomic E-state index is 15.7. The molecule has 0 aromatic heterocycles. The number of rotatable bonds is 8. The standard InChI is InChI=1S/C7H7O.C2H5O.3CH3O.4FH.Zr/c8-6-7-4-2-1-3-5-7;1-3-2;3*1-2;;;;;/h1-5H,6H2;1H2,2H3;3*1H3;4*1H;/q-1;;3*-1;;;;;+8/p-4. The third-order valence-electron chi connectivity index (χ3n) is 4.29. The molecule has 0 saturated heterocycles. The molecule has 0 bridgehead atoms. The fourth-order valence-electron chi connectivity index (χ4n) is 2.01. The molecule has 131 valence electrons. The van der Waals surface area contributed by atoms with E-state index < -0.39 is 28.0 Å². The SMILES string of the molecule is CO[CH2][Zr]([F])([F])([F])([F])([O]C)([O]C)([O]C)[O]Cc1ccccc1. The van der Waals surface area contributed by atoms with Gasteiger partial charge in [0, 0.05) is 0 Å². The van der Waals surface area contributed by atoms with Crippen LogP contribution >= 0.6 is 0 Å². The molecule has 0 fully saturated rings. The van der Waals surface area contributed by atoms with Gasteiger partial charge in [-0.15, -0.1) is 0 Å². The zero-order chi connectivity index (χ0) is 17.4. The van der Waals surface area contributed by atoms with E-state index in [0.29, 0.717) is 7.11 Å². The van der Waals surface area contributed by atoms with Crippen LogP contribution in [0.4, 0.5) is 10.5 Å². The molecule has 0 heterocycles. The quantitative estimate of drug-likeness (QED) is 0.608. The van der Waals surface area contributed by atoms with Crippen molar-refractivity contribution in [2.45, 2.75) is 6.61 Å². The summed E-state index contributed by atoms with van der Waals surface area (Å²) in [4.78, 5) is 0. The number of halogens is 4. The molecule has 0 saturated carbocycles. The summed E-state index contributed by atoms with van der Waals surface area (Å²) in [6, 6.07) is 7.13. The summed E-state index contributed by atoms with van der Waals surface area (Å²) in [6.45, 7) is -1.24. The molecule has 0 aliphatic heterocycles. The second kappa shape index (κ2) is 3.10. The van der Waals surface area contributed by atoms with Crippen LogP contribution in [-0.2, 0) is 39.6 Å². The van der Waals surface area contributed by atoms with Crippen LogP contribution in [0.2, 0.25) is 0 Å². The monoisotopic (exact) mass is 411 g/mol. The summed E-state index contributed by atoms with van der Waals surface area (Å²) in [5.74, 6) is 0. The zero-order valence-corrected chi connectivity index (χ0v) is 15.3. The van der Waals surface area contributed by atoms with Gasteiger partial charge in [0.1, 0.15) is 0 Å². The van der Waals surface area contributed by atoms with Crippen LogP contribution in [0.15, 0.2) is 30.3 Å². The van der Waals surface area contributed by atoms with Gasteiger partial charge < -0.3 is 0 Å². The van der Waals surface area contributed by atoms with E-state index in [4.69, 9.17) is 0 Å². The van der Waals surface area contributed by atoms with Crippen molar-refractivity contribution >= 4 is 0 Å². The summed E-state index contributed by atoms with van der Waals surface area (Å²) in [7, 11) is 0.754. The van der Waals surface area contributed by atoms with E-state index in [1.807, 2.05) is 0 Å². The first-order valence-corrected chi connectivity index (χ1v) is 15.9. The predicted octanol–water partition coefficient (Wildman–Crippen LogP) is 3.78. The van der Waals surface area contributed by atoms with Gasteiger partial charge >= 0.3 is 119 Å². The van der Waals surface area contributed by atoms with Crippen molar-refractivity contribution in [2.24, 2.45) is 0 Å². The number of methoxy groups -OCH3 is 1. The summed E-state index contributed by atoms with van der Waals surface area (Å²) in [5.41, 5.74) is 0.0237. The summed E-state index contributed by atoms with van der Waals surface area (Å²) >= 11 is -12.9. The van der Waals surface area contributed by atoms with Gasteiger partial charge in [0.2, 0.25) is 0 Å². The molecular weight excluding hydrogens is 391 g/mol. The Balaban J connectivity index is 3.71. The Bertz CT molecular complexity index is 648. The van der Waals surface area contributed by atoms with Gasteiger partial charge in [-0.1, -0.05) is 0 Å². The summed E-state index contributed by atoms with van der Waals surface area (Å²) < 4.78 is 78.6. The van der Waals surface area contributed by atoms with Crippen molar-refractivity contribution in [3.8, 4) is 0 Å². The molecule has 0 atom stereocenters. The molecule has 0 spiro atoms. The third kappa shape index (κ3) is 2.55. The van der Waals surface area contributed by atoms with E-state index in [9.17, 15) is 0 Å². The zero-order valence-electron chi connectivity index (χ0n) is 12.9. The van der Waals surface area contributed by atoms with E-state index in [1.54, 1.807) is 6.07 Å². The van der Waals surface area contributed by atoms with E-state index in [0.717, 1.165) is 0 Å². The molecular formula is C12H21F4O5Zr. The van der Waals surface area contributed by atoms with Gasteiger partial charge in [0.15, 0.2) is 0 Å². The van der Waals surface area contributed by atoms with Crippen molar-refractivity contribution in [3.05, 3.63) is 35.9 Å².